The minimum Gasteiger partial charge on any atom is -0.419 e. The molecule has 4 nitrogen and oxygen atoms in total. The molecule has 2 aliphatic heterocycles. The van der Waals surface area contributed by atoms with Crippen LogP contribution in [0.15, 0.2) is 60.9 Å². The first kappa shape index (κ1) is 20.5. The summed E-state index contributed by atoms with van der Waals surface area (Å²) < 4.78 is 37.1. The quantitative estimate of drug-likeness (QED) is 0.595. The normalized spacial score (nSPS) is 18.6. The Hall–Kier alpha value is -2.73. The summed E-state index contributed by atoms with van der Waals surface area (Å²) in [6.07, 6.45) is 2.50. The zero-order chi connectivity index (χ0) is 21.1. The number of hydrogen-bond donors (Lipinski definition) is 0. The molecule has 0 atom stereocenters. The molecular formula is C24H25F2NO3. The van der Waals surface area contributed by atoms with Gasteiger partial charge in [-0.3, -0.25) is 0 Å². The summed E-state index contributed by atoms with van der Waals surface area (Å²) in [6, 6.07) is 13.1. The molecular weight excluding hydrogens is 388 g/mol. The Morgan fingerprint density at radius 3 is 1.97 bits per heavy atom. The lowest BCUT2D eigenvalue weighted by Gasteiger charge is -2.36. The lowest BCUT2D eigenvalue weighted by atomic mass is 9.87. The molecule has 0 bridgehead atoms. The summed E-state index contributed by atoms with van der Waals surface area (Å²) >= 11 is 0. The van der Waals surface area contributed by atoms with Gasteiger partial charge in [0.1, 0.15) is 17.4 Å². The van der Waals surface area contributed by atoms with E-state index in [0.717, 1.165) is 43.6 Å². The Bertz CT molecular complexity index is 858. The molecule has 30 heavy (non-hydrogen) atoms. The third kappa shape index (κ3) is 4.38. The van der Waals surface area contributed by atoms with Gasteiger partial charge in [0, 0.05) is 31.8 Å². The summed E-state index contributed by atoms with van der Waals surface area (Å²) in [6.45, 7) is 6.33. The number of carbonyl (C=O) groups is 1. The van der Waals surface area contributed by atoms with Gasteiger partial charge in [0.25, 0.3) is 0 Å². The van der Waals surface area contributed by atoms with Crippen molar-refractivity contribution < 1.29 is 23.0 Å². The van der Waals surface area contributed by atoms with Crippen LogP contribution in [0.2, 0.25) is 0 Å². The van der Waals surface area contributed by atoms with Crippen LogP contribution in [0.5, 0.6) is 0 Å². The average Bonchev–Trinajstić information content (AvgIpc) is 3.01. The molecule has 1 spiro atoms. The molecule has 0 amide bonds. The molecule has 158 valence electrons. The number of ether oxygens (including phenoxy) is 2. The number of benzene rings is 2. The predicted octanol–water partition coefficient (Wildman–Crippen LogP) is 5.39. The first-order valence-corrected chi connectivity index (χ1v) is 10.3. The van der Waals surface area contributed by atoms with Crippen LogP contribution < -0.4 is 0 Å². The number of likely N-dealkylation sites (tertiary alicyclic amines) is 1. The number of piperidine rings is 1. The van der Waals surface area contributed by atoms with Crippen molar-refractivity contribution in [1.29, 1.82) is 0 Å². The monoisotopic (exact) mass is 413 g/mol. The predicted molar refractivity (Wildman–Crippen MR) is 109 cm³/mol. The fraction of sp³-hybridized carbons (Fsp3) is 0.375. The van der Waals surface area contributed by atoms with Gasteiger partial charge in [0.2, 0.25) is 0 Å². The SMILES string of the molecule is C=C1OC(=O)OC12CCN(CCCC(c1ccc(F)cc1)c1ccc(F)cc1)CC2. The topological polar surface area (TPSA) is 38.8 Å². The molecule has 6 heteroatoms. The van der Waals surface area contributed by atoms with Crippen molar-refractivity contribution in [3.8, 4) is 0 Å². The van der Waals surface area contributed by atoms with Gasteiger partial charge in [0.05, 0.1) is 0 Å². The van der Waals surface area contributed by atoms with Gasteiger partial charge >= 0.3 is 6.16 Å². The van der Waals surface area contributed by atoms with E-state index < -0.39 is 11.8 Å². The van der Waals surface area contributed by atoms with Crippen LogP contribution in [-0.4, -0.2) is 36.3 Å². The molecule has 2 aromatic rings. The molecule has 2 heterocycles. The van der Waals surface area contributed by atoms with Crippen LogP contribution in [-0.2, 0) is 9.47 Å². The first-order chi connectivity index (χ1) is 14.4. The van der Waals surface area contributed by atoms with E-state index in [1.54, 1.807) is 24.3 Å². The van der Waals surface area contributed by atoms with Crippen molar-refractivity contribution in [2.45, 2.75) is 37.2 Å². The maximum Gasteiger partial charge on any atom is 0.514 e. The lowest BCUT2D eigenvalue weighted by Crippen LogP contribution is -2.45. The lowest BCUT2D eigenvalue weighted by molar-refractivity contribution is 0.0140. The zero-order valence-electron chi connectivity index (χ0n) is 16.8. The number of cyclic esters (lactones) is 1. The third-order valence-electron chi connectivity index (χ3n) is 6.17. The Labute approximate surface area is 175 Å². The summed E-state index contributed by atoms with van der Waals surface area (Å²) in [5, 5.41) is 0. The summed E-state index contributed by atoms with van der Waals surface area (Å²) in [7, 11) is 0. The smallest absolute Gasteiger partial charge is 0.419 e. The standard InChI is InChI=1S/C24H25F2NO3/c1-17-24(30-23(28)29-17)12-15-27(16-13-24)14-2-3-22(18-4-8-20(25)9-5-18)19-6-10-21(26)11-7-19/h4-11,22H,1-3,12-16H2. The second-order valence-electron chi connectivity index (χ2n) is 8.01. The molecule has 2 aromatic carbocycles. The minimum atomic E-state index is -0.668. The highest BCUT2D eigenvalue weighted by Gasteiger charge is 2.48. The average molecular weight is 413 g/mol. The molecule has 2 aliphatic rings. The molecule has 0 aliphatic carbocycles. The van der Waals surface area contributed by atoms with Crippen LogP contribution in [0.1, 0.15) is 42.7 Å². The second-order valence-corrected chi connectivity index (χ2v) is 8.01. The molecule has 0 saturated carbocycles. The van der Waals surface area contributed by atoms with Gasteiger partial charge in [-0.15, -0.1) is 0 Å². The first-order valence-electron chi connectivity index (χ1n) is 10.3. The van der Waals surface area contributed by atoms with Crippen LogP contribution in [0.25, 0.3) is 0 Å². The third-order valence-corrected chi connectivity index (χ3v) is 6.17. The Morgan fingerprint density at radius 2 is 1.50 bits per heavy atom. The molecule has 0 aromatic heterocycles. The van der Waals surface area contributed by atoms with Crippen molar-refractivity contribution in [1.82, 2.24) is 4.90 Å². The van der Waals surface area contributed by atoms with Gasteiger partial charge in [-0.2, -0.15) is 0 Å². The van der Waals surface area contributed by atoms with Crippen molar-refractivity contribution in [2.24, 2.45) is 0 Å². The highest BCUT2D eigenvalue weighted by molar-refractivity contribution is 5.66. The van der Waals surface area contributed by atoms with Crippen molar-refractivity contribution in [3.63, 3.8) is 0 Å². The van der Waals surface area contributed by atoms with E-state index in [-0.39, 0.29) is 17.6 Å². The molecule has 2 saturated heterocycles. The number of nitrogens with zero attached hydrogens (tertiary/aromatic N) is 1. The van der Waals surface area contributed by atoms with Crippen molar-refractivity contribution >= 4 is 6.16 Å². The van der Waals surface area contributed by atoms with Gasteiger partial charge in [-0.05, 0) is 54.8 Å². The van der Waals surface area contributed by atoms with E-state index in [0.29, 0.717) is 18.6 Å². The van der Waals surface area contributed by atoms with E-state index in [1.807, 2.05) is 0 Å². The van der Waals surface area contributed by atoms with Crippen LogP contribution in [0, 0.1) is 11.6 Å². The fourth-order valence-corrected chi connectivity index (χ4v) is 4.38. The molecule has 0 radical (unpaired) electrons. The van der Waals surface area contributed by atoms with Gasteiger partial charge in [-0.25, -0.2) is 13.6 Å². The van der Waals surface area contributed by atoms with Crippen LogP contribution >= 0.6 is 0 Å². The highest BCUT2D eigenvalue weighted by Crippen LogP contribution is 2.39. The molecule has 4 rings (SSSR count). The summed E-state index contributed by atoms with van der Waals surface area (Å²) in [5.74, 6) is -0.0415. The van der Waals surface area contributed by atoms with Crippen LogP contribution in [0.3, 0.4) is 0 Å². The highest BCUT2D eigenvalue weighted by atomic mass is 19.1. The number of rotatable bonds is 6. The molecule has 0 N–H and O–H groups in total. The van der Waals surface area contributed by atoms with Crippen LogP contribution in [0.4, 0.5) is 13.6 Å². The Kier molecular flexibility index (Phi) is 5.86. The maximum atomic E-state index is 13.4. The summed E-state index contributed by atoms with van der Waals surface area (Å²) in [4.78, 5) is 13.7. The number of hydrogen-bond acceptors (Lipinski definition) is 4. The summed E-state index contributed by atoms with van der Waals surface area (Å²) in [5.41, 5.74) is 1.37. The largest absolute Gasteiger partial charge is 0.514 e. The van der Waals surface area contributed by atoms with E-state index in [9.17, 15) is 13.6 Å². The molecule has 2 fully saturated rings. The van der Waals surface area contributed by atoms with E-state index in [4.69, 9.17) is 9.47 Å². The Balaban J connectivity index is 1.36. The van der Waals surface area contributed by atoms with Gasteiger partial charge in [0.15, 0.2) is 5.60 Å². The number of halogens is 2. The minimum absolute atomic E-state index is 0.0753. The fourth-order valence-electron chi connectivity index (χ4n) is 4.38. The molecule has 0 unspecified atom stereocenters. The number of carbonyl (C=O) groups excluding carboxylic acids is 1. The maximum absolute atomic E-state index is 13.4. The zero-order valence-corrected chi connectivity index (χ0v) is 16.8. The van der Waals surface area contributed by atoms with Gasteiger partial charge in [-0.1, -0.05) is 30.8 Å². The van der Waals surface area contributed by atoms with Crippen molar-refractivity contribution in [2.75, 3.05) is 19.6 Å². The van der Waals surface area contributed by atoms with E-state index in [1.165, 1.54) is 24.3 Å². The van der Waals surface area contributed by atoms with E-state index in [2.05, 4.69) is 11.5 Å². The van der Waals surface area contributed by atoms with Crippen molar-refractivity contribution in [3.05, 3.63) is 83.6 Å². The Morgan fingerprint density at radius 1 is 0.967 bits per heavy atom. The van der Waals surface area contributed by atoms with E-state index >= 15 is 0 Å². The second kappa shape index (κ2) is 8.56. The van der Waals surface area contributed by atoms with Gasteiger partial charge < -0.3 is 14.4 Å².